The first-order chi connectivity index (χ1) is 14.6. The van der Waals surface area contributed by atoms with E-state index >= 15 is 0 Å². The SMILES string of the molecule is CCC(C)C(=O)C1=C(O)C2(CC=C(C)C)C[C@H]3C(C)(C)[C@@H](C(C)(C)ON)C[C@@]3(C1=O)C2=O. The number of hydrogen-bond donors (Lipinski definition) is 2. The van der Waals surface area contributed by atoms with E-state index < -0.39 is 33.5 Å². The molecule has 0 aromatic carbocycles. The maximum atomic E-state index is 14.2. The Hall–Kier alpha value is -1.79. The largest absolute Gasteiger partial charge is 0.510 e. The van der Waals surface area contributed by atoms with Crippen LogP contribution in [0, 0.1) is 34.0 Å². The lowest BCUT2D eigenvalue weighted by Crippen LogP contribution is -2.51. The first kappa shape index (κ1) is 24.8. The van der Waals surface area contributed by atoms with Gasteiger partial charge in [0.05, 0.1) is 16.4 Å². The van der Waals surface area contributed by atoms with Crippen molar-refractivity contribution in [2.75, 3.05) is 0 Å². The van der Waals surface area contributed by atoms with Crippen LogP contribution in [0.1, 0.15) is 81.1 Å². The molecule has 2 bridgehead atoms. The molecule has 0 aromatic rings. The highest BCUT2D eigenvalue weighted by Crippen LogP contribution is 2.73. The molecule has 6 nitrogen and oxygen atoms in total. The molecule has 2 saturated carbocycles. The molecule has 0 heterocycles. The number of ketones is 3. The number of nitrogens with two attached hydrogens (primary N) is 1. The van der Waals surface area contributed by atoms with E-state index in [1.54, 1.807) is 6.92 Å². The van der Waals surface area contributed by atoms with Crippen molar-refractivity contribution >= 4 is 17.3 Å². The van der Waals surface area contributed by atoms with Gasteiger partial charge in [0, 0.05) is 5.92 Å². The average Bonchev–Trinajstić information content (AvgIpc) is 3.09. The summed E-state index contributed by atoms with van der Waals surface area (Å²) >= 11 is 0. The Morgan fingerprint density at radius 1 is 1.28 bits per heavy atom. The molecule has 6 heteroatoms. The summed E-state index contributed by atoms with van der Waals surface area (Å²) < 4.78 is 0. The molecule has 0 saturated heterocycles. The van der Waals surface area contributed by atoms with Crippen LogP contribution in [0.3, 0.4) is 0 Å². The predicted octanol–water partition coefficient (Wildman–Crippen LogP) is 4.63. The molecule has 32 heavy (non-hydrogen) atoms. The van der Waals surface area contributed by atoms with E-state index in [2.05, 4.69) is 13.8 Å². The van der Waals surface area contributed by atoms with Gasteiger partial charge < -0.3 is 5.11 Å². The number of allylic oxidation sites excluding steroid dienone is 4. The van der Waals surface area contributed by atoms with Crippen molar-refractivity contribution in [1.29, 1.82) is 0 Å². The van der Waals surface area contributed by atoms with Gasteiger partial charge >= 0.3 is 0 Å². The quantitative estimate of drug-likeness (QED) is 0.256. The molecule has 2 fully saturated rings. The summed E-state index contributed by atoms with van der Waals surface area (Å²) in [4.78, 5) is 46.9. The molecule has 178 valence electrons. The van der Waals surface area contributed by atoms with Gasteiger partial charge in [-0.25, -0.2) is 5.90 Å². The third kappa shape index (κ3) is 3.02. The van der Waals surface area contributed by atoms with Gasteiger partial charge in [-0.1, -0.05) is 39.3 Å². The van der Waals surface area contributed by atoms with Crippen LogP contribution < -0.4 is 5.90 Å². The van der Waals surface area contributed by atoms with Crippen LogP contribution >= 0.6 is 0 Å². The molecule has 2 unspecified atom stereocenters. The van der Waals surface area contributed by atoms with Gasteiger partial charge in [0.2, 0.25) is 0 Å². The first-order valence-electron chi connectivity index (χ1n) is 11.7. The number of aliphatic hydroxyl groups is 1. The van der Waals surface area contributed by atoms with Crippen molar-refractivity contribution in [2.24, 2.45) is 39.9 Å². The minimum Gasteiger partial charge on any atom is -0.510 e. The zero-order valence-electron chi connectivity index (χ0n) is 20.8. The van der Waals surface area contributed by atoms with Crippen LogP contribution in [0.5, 0.6) is 0 Å². The van der Waals surface area contributed by atoms with Crippen LogP contribution in [-0.4, -0.2) is 28.1 Å². The molecule has 3 N–H and O–H groups in total. The molecule has 0 amide bonds. The first-order valence-corrected chi connectivity index (χ1v) is 11.7. The van der Waals surface area contributed by atoms with Crippen molar-refractivity contribution in [1.82, 2.24) is 0 Å². The number of aliphatic hydroxyl groups excluding tert-OH is 1. The molecule has 3 aliphatic rings. The molecule has 1 spiro atoms. The lowest BCUT2D eigenvalue weighted by atomic mass is 9.62. The lowest BCUT2D eigenvalue weighted by Gasteiger charge is -2.42. The Morgan fingerprint density at radius 3 is 2.38 bits per heavy atom. The molecular weight excluding hydrogens is 406 g/mol. The Bertz CT molecular complexity index is 923. The van der Waals surface area contributed by atoms with Gasteiger partial charge in [-0.3, -0.25) is 19.2 Å². The normalized spacial score (nSPS) is 34.5. The minimum atomic E-state index is -1.33. The predicted molar refractivity (Wildman–Crippen MR) is 122 cm³/mol. The summed E-state index contributed by atoms with van der Waals surface area (Å²) in [5.41, 5.74) is -2.90. The molecule has 0 aromatic heterocycles. The van der Waals surface area contributed by atoms with Crippen molar-refractivity contribution in [3.05, 3.63) is 23.0 Å². The van der Waals surface area contributed by atoms with Crippen LogP contribution in [0.4, 0.5) is 0 Å². The fourth-order valence-electron chi connectivity index (χ4n) is 6.82. The second-order valence-corrected chi connectivity index (χ2v) is 11.7. The zero-order valence-corrected chi connectivity index (χ0v) is 20.8. The summed E-state index contributed by atoms with van der Waals surface area (Å²) in [6.07, 6.45) is 3.39. The van der Waals surface area contributed by atoms with Gasteiger partial charge in [-0.05, 0) is 70.6 Å². The Balaban J connectivity index is 2.29. The second kappa shape index (κ2) is 7.63. The fraction of sp³-hybridized carbons (Fsp3) is 0.731. The van der Waals surface area contributed by atoms with E-state index in [0.29, 0.717) is 19.3 Å². The number of rotatable bonds is 7. The monoisotopic (exact) mass is 445 g/mol. The Kier molecular flexibility index (Phi) is 5.92. The van der Waals surface area contributed by atoms with Gasteiger partial charge in [0.15, 0.2) is 17.3 Å². The summed E-state index contributed by atoms with van der Waals surface area (Å²) in [7, 11) is 0. The Labute approximate surface area is 191 Å². The average molecular weight is 446 g/mol. The highest BCUT2D eigenvalue weighted by molar-refractivity contribution is 6.32. The summed E-state index contributed by atoms with van der Waals surface area (Å²) in [6.45, 7) is 15.4. The molecule has 3 rings (SSSR count). The summed E-state index contributed by atoms with van der Waals surface area (Å²) in [5, 5.41) is 11.4. The number of hydrogen-bond acceptors (Lipinski definition) is 6. The smallest absolute Gasteiger partial charge is 0.183 e. The third-order valence-electron chi connectivity index (χ3n) is 8.94. The van der Waals surface area contributed by atoms with Crippen LogP contribution in [0.2, 0.25) is 0 Å². The molecule has 0 radical (unpaired) electrons. The van der Waals surface area contributed by atoms with Gasteiger partial charge in [0.25, 0.3) is 0 Å². The van der Waals surface area contributed by atoms with Crippen molar-refractivity contribution in [3.8, 4) is 0 Å². The second-order valence-electron chi connectivity index (χ2n) is 11.7. The van der Waals surface area contributed by atoms with Crippen LogP contribution in [0.25, 0.3) is 0 Å². The number of carbonyl (C=O) groups is 3. The van der Waals surface area contributed by atoms with Crippen LogP contribution in [0.15, 0.2) is 23.0 Å². The van der Waals surface area contributed by atoms with E-state index in [1.807, 2.05) is 40.7 Å². The van der Waals surface area contributed by atoms with E-state index in [4.69, 9.17) is 10.7 Å². The van der Waals surface area contributed by atoms with E-state index in [0.717, 1.165) is 5.57 Å². The number of Topliss-reactive ketones (excluding diaryl/α,β-unsaturated/α-hetero) is 3. The maximum absolute atomic E-state index is 14.2. The maximum Gasteiger partial charge on any atom is 0.183 e. The fourth-order valence-corrected chi connectivity index (χ4v) is 6.82. The highest BCUT2D eigenvalue weighted by Gasteiger charge is 2.78. The summed E-state index contributed by atoms with van der Waals surface area (Å²) in [6, 6.07) is 0. The van der Waals surface area contributed by atoms with E-state index in [1.165, 1.54) is 0 Å². The van der Waals surface area contributed by atoms with Crippen molar-refractivity contribution in [3.63, 3.8) is 0 Å². The van der Waals surface area contributed by atoms with Gasteiger partial charge in [-0.15, -0.1) is 0 Å². The van der Waals surface area contributed by atoms with Crippen molar-refractivity contribution < 1.29 is 24.3 Å². The zero-order chi connectivity index (χ0) is 24.4. The summed E-state index contributed by atoms with van der Waals surface area (Å²) in [5.74, 6) is 3.34. The number of fused-ring (bicyclic) bond motifs is 1. The molecule has 0 aliphatic heterocycles. The van der Waals surface area contributed by atoms with E-state index in [9.17, 15) is 19.5 Å². The van der Waals surface area contributed by atoms with Crippen LogP contribution in [-0.2, 0) is 19.2 Å². The van der Waals surface area contributed by atoms with Gasteiger partial charge in [-0.2, -0.15) is 0 Å². The van der Waals surface area contributed by atoms with Crippen molar-refractivity contribution in [2.45, 2.75) is 86.7 Å². The minimum absolute atomic E-state index is 0.147. The van der Waals surface area contributed by atoms with E-state index in [-0.39, 0.29) is 41.2 Å². The number of carbonyl (C=O) groups excluding carboxylic acids is 3. The molecule has 5 atom stereocenters. The molecular formula is C26H39NO5. The standard InChI is InChI=1S/C26H39NO5/c1-9-15(4)19(28)18-20(29)25(11-10-14(2)3)12-17-23(5,6)16(24(7,8)32-27)13-26(17,21(18)30)22(25)31/h10,15-17,29H,9,11-13,27H2,1-8H3/t15?,16-,17-,25?,26+/m0/s1. The highest BCUT2D eigenvalue weighted by atomic mass is 16.6. The van der Waals surface area contributed by atoms with Gasteiger partial charge in [0.1, 0.15) is 11.3 Å². The Morgan fingerprint density at radius 2 is 1.88 bits per heavy atom. The lowest BCUT2D eigenvalue weighted by molar-refractivity contribution is -0.145. The third-order valence-corrected chi connectivity index (χ3v) is 8.94. The topological polar surface area (TPSA) is 107 Å². The molecule has 3 aliphatic carbocycles.